The molecule has 0 spiro atoms. The van der Waals surface area contributed by atoms with Crippen molar-refractivity contribution in [3.05, 3.63) is 57.2 Å². The van der Waals surface area contributed by atoms with Crippen molar-refractivity contribution in [2.45, 2.75) is 34.2 Å². The van der Waals surface area contributed by atoms with Gasteiger partial charge < -0.3 is 10.3 Å². The molecule has 0 aliphatic carbocycles. The molecule has 2 aromatic heterocycles. The molecule has 0 aliphatic rings. The van der Waals surface area contributed by atoms with Crippen LogP contribution in [0.1, 0.15) is 36.7 Å². The zero-order valence-electron chi connectivity index (χ0n) is 15.2. The second-order valence-electron chi connectivity index (χ2n) is 7.56. The van der Waals surface area contributed by atoms with E-state index < -0.39 is 0 Å². The third-order valence-corrected chi connectivity index (χ3v) is 4.36. The van der Waals surface area contributed by atoms with Crippen LogP contribution in [0.15, 0.2) is 35.3 Å². The fraction of sp³-hybridized carbons (Fsp3) is 0.316. The van der Waals surface area contributed by atoms with Crippen LogP contribution in [-0.4, -0.2) is 20.4 Å². The van der Waals surface area contributed by atoms with Gasteiger partial charge in [0.1, 0.15) is 5.15 Å². The number of anilines is 1. The number of hydrogen-bond acceptors (Lipinski definition) is 3. The number of H-pyrrole nitrogens is 1. The number of pyridine rings is 1. The molecule has 0 bridgehead atoms. The van der Waals surface area contributed by atoms with Crippen LogP contribution < -0.4 is 11.0 Å². The summed E-state index contributed by atoms with van der Waals surface area (Å²) in [7, 11) is 0. The summed E-state index contributed by atoms with van der Waals surface area (Å²) < 4.78 is 1.67. The van der Waals surface area contributed by atoms with Crippen LogP contribution in [0.2, 0.25) is 5.15 Å². The maximum Gasteiger partial charge on any atom is 0.326 e. The van der Waals surface area contributed by atoms with E-state index in [2.05, 4.69) is 36.1 Å². The van der Waals surface area contributed by atoms with Crippen LogP contribution in [-0.2, 0) is 6.54 Å². The van der Waals surface area contributed by atoms with Gasteiger partial charge >= 0.3 is 5.69 Å². The molecular weight excluding hydrogens is 352 g/mol. The van der Waals surface area contributed by atoms with Gasteiger partial charge in [-0.05, 0) is 36.1 Å². The number of imidazole rings is 1. The number of amides is 1. The maximum absolute atomic E-state index is 12.7. The summed E-state index contributed by atoms with van der Waals surface area (Å²) in [5.74, 6) is -0.316. The zero-order valence-corrected chi connectivity index (χ0v) is 15.9. The molecule has 3 aromatic rings. The van der Waals surface area contributed by atoms with Crippen LogP contribution >= 0.6 is 11.6 Å². The second kappa shape index (κ2) is 6.61. The van der Waals surface area contributed by atoms with Crippen molar-refractivity contribution in [3.63, 3.8) is 0 Å². The summed E-state index contributed by atoms with van der Waals surface area (Å²) in [6.07, 6.45) is 1.50. The molecule has 6 nitrogen and oxygen atoms in total. The van der Waals surface area contributed by atoms with Crippen molar-refractivity contribution in [2.24, 2.45) is 5.41 Å². The Morgan fingerprint density at radius 2 is 2.08 bits per heavy atom. The lowest BCUT2D eigenvalue weighted by molar-refractivity contribution is 0.102. The number of aryl methyl sites for hydroxylation is 1. The third kappa shape index (κ3) is 3.65. The number of aromatic amines is 1. The van der Waals surface area contributed by atoms with Crippen LogP contribution in [0.25, 0.3) is 11.0 Å². The van der Waals surface area contributed by atoms with Gasteiger partial charge in [0.25, 0.3) is 5.91 Å². The van der Waals surface area contributed by atoms with Crippen molar-refractivity contribution in [1.82, 2.24) is 14.5 Å². The molecule has 136 valence electrons. The van der Waals surface area contributed by atoms with Gasteiger partial charge in [0.05, 0.1) is 28.5 Å². The lowest BCUT2D eigenvalue weighted by atomic mass is 9.97. The summed E-state index contributed by atoms with van der Waals surface area (Å²) in [5.41, 5.74) is 2.67. The monoisotopic (exact) mass is 372 g/mol. The van der Waals surface area contributed by atoms with E-state index in [4.69, 9.17) is 11.6 Å². The van der Waals surface area contributed by atoms with E-state index in [-0.39, 0.29) is 17.0 Å². The molecule has 0 radical (unpaired) electrons. The van der Waals surface area contributed by atoms with E-state index in [9.17, 15) is 9.59 Å². The molecule has 0 unspecified atom stereocenters. The first-order valence-electron chi connectivity index (χ1n) is 8.31. The Kier molecular flexibility index (Phi) is 4.63. The molecule has 0 saturated heterocycles. The Morgan fingerprint density at radius 1 is 1.35 bits per heavy atom. The van der Waals surface area contributed by atoms with Crippen LogP contribution in [0.5, 0.6) is 0 Å². The van der Waals surface area contributed by atoms with Crippen molar-refractivity contribution < 1.29 is 4.79 Å². The van der Waals surface area contributed by atoms with Crippen molar-refractivity contribution in [2.75, 3.05) is 5.32 Å². The highest BCUT2D eigenvalue weighted by Gasteiger charge is 2.19. The first kappa shape index (κ1) is 18.2. The number of carbonyl (C=O) groups is 1. The molecule has 0 saturated carbocycles. The SMILES string of the molecule is Cc1cc(NC(=O)c2cccc3c2[nH]c(=O)n3CC(C)(C)C)cnc1Cl. The van der Waals surface area contributed by atoms with Gasteiger partial charge in [-0.15, -0.1) is 0 Å². The van der Waals surface area contributed by atoms with Crippen LogP contribution in [0.3, 0.4) is 0 Å². The van der Waals surface area contributed by atoms with Gasteiger partial charge in [0.2, 0.25) is 0 Å². The molecule has 1 aromatic carbocycles. The molecule has 26 heavy (non-hydrogen) atoms. The molecular formula is C19H21ClN4O2. The van der Waals surface area contributed by atoms with E-state index in [0.29, 0.717) is 34.0 Å². The Hall–Kier alpha value is -2.60. The topological polar surface area (TPSA) is 79.8 Å². The van der Waals surface area contributed by atoms with Gasteiger partial charge in [0, 0.05) is 6.54 Å². The molecule has 7 heteroatoms. The fourth-order valence-electron chi connectivity index (χ4n) is 2.83. The lowest BCUT2D eigenvalue weighted by Gasteiger charge is -2.18. The Morgan fingerprint density at radius 3 is 2.73 bits per heavy atom. The average molecular weight is 373 g/mol. The van der Waals surface area contributed by atoms with Gasteiger partial charge in [-0.25, -0.2) is 9.78 Å². The summed E-state index contributed by atoms with van der Waals surface area (Å²) >= 11 is 5.92. The van der Waals surface area contributed by atoms with Crippen molar-refractivity contribution in [3.8, 4) is 0 Å². The summed E-state index contributed by atoms with van der Waals surface area (Å²) in [4.78, 5) is 32.0. The standard InChI is InChI=1S/C19H21ClN4O2/c1-11-8-12(9-21-16(11)20)22-17(25)13-6-5-7-14-15(13)23-18(26)24(14)10-19(2,3)4/h5-9H,10H2,1-4H3,(H,22,25)(H,23,26). The van der Waals surface area contributed by atoms with E-state index in [1.807, 2.05) is 13.0 Å². The number of halogens is 1. The van der Waals surface area contributed by atoms with E-state index >= 15 is 0 Å². The molecule has 2 heterocycles. The van der Waals surface area contributed by atoms with E-state index in [0.717, 1.165) is 5.56 Å². The average Bonchev–Trinajstić information content (AvgIpc) is 2.85. The van der Waals surface area contributed by atoms with Gasteiger partial charge in [-0.3, -0.25) is 9.36 Å². The number of nitrogens with zero attached hydrogens (tertiary/aromatic N) is 2. The minimum absolute atomic E-state index is 0.0658. The minimum atomic E-state index is -0.316. The normalized spacial score (nSPS) is 11.7. The molecule has 1 amide bonds. The first-order valence-corrected chi connectivity index (χ1v) is 8.68. The lowest BCUT2D eigenvalue weighted by Crippen LogP contribution is -2.24. The van der Waals surface area contributed by atoms with Gasteiger partial charge in [0.15, 0.2) is 0 Å². The molecule has 0 aliphatic heterocycles. The number of nitrogens with one attached hydrogen (secondary N) is 2. The summed E-state index contributed by atoms with van der Waals surface area (Å²) in [6, 6.07) is 7.05. The molecule has 0 fully saturated rings. The number of aromatic nitrogens is 3. The number of carbonyl (C=O) groups excluding carboxylic acids is 1. The molecule has 2 N–H and O–H groups in total. The maximum atomic E-state index is 12.7. The highest BCUT2D eigenvalue weighted by Crippen LogP contribution is 2.22. The zero-order chi connectivity index (χ0) is 19.1. The van der Waals surface area contributed by atoms with E-state index in [1.54, 1.807) is 22.8 Å². The predicted molar refractivity (Wildman–Crippen MR) is 104 cm³/mol. The fourth-order valence-corrected chi connectivity index (χ4v) is 2.93. The largest absolute Gasteiger partial charge is 0.326 e. The number of benzene rings is 1. The summed E-state index contributed by atoms with van der Waals surface area (Å²) in [6.45, 7) is 8.55. The van der Waals surface area contributed by atoms with Crippen molar-refractivity contribution >= 4 is 34.2 Å². The van der Waals surface area contributed by atoms with Gasteiger partial charge in [-0.1, -0.05) is 38.4 Å². The second-order valence-corrected chi connectivity index (χ2v) is 7.92. The number of rotatable bonds is 3. The Bertz CT molecular complexity index is 1040. The molecule has 3 rings (SSSR count). The van der Waals surface area contributed by atoms with Crippen LogP contribution in [0.4, 0.5) is 5.69 Å². The number of hydrogen-bond donors (Lipinski definition) is 2. The highest BCUT2D eigenvalue weighted by atomic mass is 35.5. The number of fused-ring (bicyclic) bond motifs is 1. The van der Waals surface area contributed by atoms with Gasteiger partial charge in [-0.2, -0.15) is 0 Å². The van der Waals surface area contributed by atoms with Crippen molar-refractivity contribution in [1.29, 1.82) is 0 Å². The first-order chi connectivity index (χ1) is 12.2. The van der Waals surface area contributed by atoms with E-state index in [1.165, 1.54) is 6.20 Å². The quantitative estimate of drug-likeness (QED) is 0.682. The summed E-state index contributed by atoms with van der Waals surface area (Å²) in [5, 5.41) is 3.20. The minimum Gasteiger partial charge on any atom is -0.321 e. The number of para-hydroxylation sites is 1. The Balaban J connectivity index is 2.00. The predicted octanol–water partition coefficient (Wildman–Crippen LogP) is 3.98. The third-order valence-electron chi connectivity index (χ3n) is 3.96. The highest BCUT2D eigenvalue weighted by molar-refractivity contribution is 6.30. The smallest absolute Gasteiger partial charge is 0.321 e. The molecule has 0 atom stereocenters. The van der Waals surface area contributed by atoms with Crippen LogP contribution in [0, 0.1) is 12.3 Å². The Labute approximate surface area is 156 Å².